The quantitative estimate of drug-likeness (QED) is 0.604. The number of rotatable bonds is 5. The van der Waals surface area contributed by atoms with Crippen LogP contribution in [0.3, 0.4) is 0 Å². The molecule has 0 radical (unpaired) electrons. The molecule has 1 amide bonds. The zero-order valence-electron chi connectivity index (χ0n) is 17.6. The summed E-state index contributed by atoms with van der Waals surface area (Å²) in [5, 5.41) is 17.0. The maximum absolute atomic E-state index is 13.3. The first-order valence-electron chi connectivity index (χ1n) is 10.5. The van der Waals surface area contributed by atoms with Gasteiger partial charge in [0.05, 0.1) is 11.6 Å². The summed E-state index contributed by atoms with van der Waals surface area (Å²) in [6.45, 7) is 3.42. The number of H-pyrrole nitrogens is 1. The van der Waals surface area contributed by atoms with Crippen molar-refractivity contribution in [2.45, 2.75) is 36.8 Å². The lowest BCUT2D eigenvalue weighted by Gasteiger charge is -2.40. The van der Waals surface area contributed by atoms with E-state index >= 15 is 0 Å². The van der Waals surface area contributed by atoms with Gasteiger partial charge in [0.1, 0.15) is 0 Å². The Morgan fingerprint density at radius 1 is 1.19 bits per heavy atom. The van der Waals surface area contributed by atoms with E-state index in [0.29, 0.717) is 35.6 Å². The number of hydrogen-bond acceptors (Lipinski definition) is 5. The molecule has 6 nitrogen and oxygen atoms in total. The van der Waals surface area contributed by atoms with Crippen molar-refractivity contribution in [1.82, 2.24) is 20.1 Å². The number of aromatic nitrogens is 3. The summed E-state index contributed by atoms with van der Waals surface area (Å²) >= 11 is 1.50. The second-order valence-electron chi connectivity index (χ2n) is 8.34. The Balaban J connectivity index is 1.39. The van der Waals surface area contributed by atoms with Crippen molar-refractivity contribution in [3.8, 4) is 17.5 Å². The first-order valence-corrected chi connectivity index (χ1v) is 11.7. The van der Waals surface area contributed by atoms with Gasteiger partial charge in [-0.15, -0.1) is 5.10 Å². The summed E-state index contributed by atoms with van der Waals surface area (Å²) in [7, 11) is 0. The van der Waals surface area contributed by atoms with Gasteiger partial charge in [-0.1, -0.05) is 30.0 Å². The molecule has 0 atom stereocenters. The molecule has 1 saturated carbocycles. The molecule has 3 aromatic rings. The summed E-state index contributed by atoms with van der Waals surface area (Å²) in [6.07, 6.45) is 4.32. The molecule has 2 aromatic carbocycles. The molecule has 1 aliphatic heterocycles. The number of likely N-dealkylation sites (tertiary alicyclic amines) is 1. The average Bonchev–Trinajstić information content (AvgIpc) is 3.49. The molecule has 2 aliphatic rings. The van der Waals surface area contributed by atoms with Crippen LogP contribution in [0.2, 0.25) is 0 Å². The molecular weight excluding hydrogens is 406 g/mol. The predicted octanol–water partition coefficient (Wildman–Crippen LogP) is 4.49. The van der Waals surface area contributed by atoms with Crippen LogP contribution < -0.4 is 0 Å². The van der Waals surface area contributed by atoms with Crippen molar-refractivity contribution < 1.29 is 4.79 Å². The largest absolute Gasteiger partial charge is 0.337 e. The number of nitriles is 1. The smallest absolute Gasteiger partial charge is 0.254 e. The average molecular weight is 430 g/mol. The van der Waals surface area contributed by atoms with Crippen LogP contribution in [0.25, 0.3) is 11.4 Å². The van der Waals surface area contributed by atoms with Gasteiger partial charge in [0.2, 0.25) is 5.16 Å². The molecular formula is C24H23N5OS. The number of aryl methyl sites for hydroxylation is 1. The van der Waals surface area contributed by atoms with Crippen molar-refractivity contribution >= 4 is 17.7 Å². The number of thioether (sulfide) groups is 1. The van der Waals surface area contributed by atoms with E-state index in [0.717, 1.165) is 22.5 Å². The van der Waals surface area contributed by atoms with Gasteiger partial charge in [0.25, 0.3) is 5.91 Å². The maximum Gasteiger partial charge on any atom is 0.254 e. The number of nitrogens with one attached hydrogen (secondary N) is 1. The van der Waals surface area contributed by atoms with Crippen LogP contribution in [-0.2, 0) is 0 Å². The number of nitrogens with zero attached hydrogens (tertiary/aromatic N) is 4. The molecule has 2 fully saturated rings. The fourth-order valence-electron chi connectivity index (χ4n) is 4.21. The summed E-state index contributed by atoms with van der Waals surface area (Å²) in [6, 6.07) is 14.0. The van der Waals surface area contributed by atoms with Crippen LogP contribution in [0.4, 0.5) is 0 Å². The van der Waals surface area contributed by atoms with Crippen molar-refractivity contribution in [3.63, 3.8) is 0 Å². The number of carbonyl (C=O) groups excluding carboxylic acids is 1. The molecule has 156 valence electrons. The monoisotopic (exact) mass is 429 g/mol. The Labute approximate surface area is 185 Å². The van der Waals surface area contributed by atoms with Gasteiger partial charge in [-0.05, 0) is 66.8 Å². The molecule has 1 aromatic heterocycles. The predicted molar refractivity (Wildman–Crippen MR) is 120 cm³/mol. The van der Waals surface area contributed by atoms with Crippen LogP contribution in [0.1, 0.15) is 57.3 Å². The minimum absolute atomic E-state index is 0.0654. The van der Waals surface area contributed by atoms with Crippen LogP contribution in [0.5, 0.6) is 0 Å². The SMILES string of the molecule is CSc1n[nH]c(-c2cc(C(=O)N3CC(c4ccc(C#N)cc4)C3)c(C)cc2C2CC2)n1. The highest BCUT2D eigenvalue weighted by Gasteiger charge is 2.34. The van der Waals surface area contributed by atoms with E-state index in [9.17, 15) is 4.79 Å². The molecule has 0 bridgehead atoms. The molecule has 1 aliphatic carbocycles. The maximum atomic E-state index is 13.3. The van der Waals surface area contributed by atoms with E-state index in [1.807, 2.05) is 48.4 Å². The first-order chi connectivity index (χ1) is 15.1. The van der Waals surface area contributed by atoms with E-state index in [2.05, 4.69) is 27.3 Å². The zero-order valence-corrected chi connectivity index (χ0v) is 18.4. The van der Waals surface area contributed by atoms with Gasteiger partial charge in [0.15, 0.2) is 5.82 Å². The summed E-state index contributed by atoms with van der Waals surface area (Å²) in [5.41, 5.74) is 5.84. The third-order valence-electron chi connectivity index (χ3n) is 6.23. The second kappa shape index (κ2) is 7.86. The van der Waals surface area contributed by atoms with Gasteiger partial charge in [-0.2, -0.15) is 5.26 Å². The van der Waals surface area contributed by atoms with Gasteiger partial charge in [0, 0.05) is 30.1 Å². The number of amides is 1. The van der Waals surface area contributed by atoms with E-state index in [1.54, 1.807) is 0 Å². The number of carbonyl (C=O) groups is 1. The third kappa shape index (κ3) is 3.72. The molecule has 1 N–H and O–H groups in total. The topological polar surface area (TPSA) is 85.7 Å². The zero-order chi connectivity index (χ0) is 21.5. The number of hydrogen-bond donors (Lipinski definition) is 1. The highest BCUT2D eigenvalue weighted by molar-refractivity contribution is 7.98. The minimum Gasteiger partial charge on any atom is -0.337 e. The Hall–Kier alpha value is -3.11. The van der Waals surface area contributed by atoms with Gasteiger partial charge in [-0.25, -0.2) is 4.98 Å². The normalized spacial score (nSPS) is 16.1. The molecule has 0 unspecified atom stereocenters. The van der Waals surface area contributed by atoms with Crippen LogP contribution >= 0.6 is 11.8 Å². The van der Waals surface area contributed by atoms with E-state index in [4.69, 9.17) is 5.26 Å². The molecule has 7 heteroatoms. The fraction of sp³-hybridized carbons (Fsp3) is 0.333. The Morgan fingerprint density at radius 3 is 2.55 bits per heavy atom. The summed E-state index contributed by atoms with van der Waals surface area (Å²) < 4.78 is 0. The molecule has 0 spiro atoms. The number of benzene rings is 2. The summed E-state index contributed by atoms with van der Waals surface area (Å²) in [5.74, 6) is 1.67. The van der Waals surface area contributed by atoms with Crippen molar-refractivity contribution in [2.24, 2.45) is 0 Å². The van der Waals surface area contributed by atoms with Gasteiger partial charge < -0.3 is 4.90 Å². The third-order valence-corrected chi connectivity index (χ3v) is 6.77. The molecule has 1 saturated heterocycles. The Bertz CT molecular complexity index is 1180. The van der Waals surface area contributed by atoms with E-state index < -0.39 is 0 Å². The highest BCUT2D eigenvalue weighted by Crippen LogP contribution is 2.45. The van der Waals surface area contributed by atoms with Crippen LogP contribution in [-0.4, -0.2) is 45.3 Å². The fourth-order valence-corrected chi connectivity index (χ4v) is 4.53. The van der Waals surface area contributed by atoms with Crippen molar-refractivity contribution in [3.05, 3.63) is 64.2 Å². The number of aromatic amines is 1. The molecule has 5 rings (SSSR count). The Morgan fingerprint density at radius 2 is 1.94 bits per heavy atom. The summed E-state index contributed by atoms with van der Waals surface area (Å²) in [4.78, 5) is 19.8. The molecule has 2 heterocycles. The lowest BCUT2D eigenvalue weighted by molar-refractivity contribution is 0.0601. The van der Waals surface area contributed by atoms with Crippen LogP contribution in [0.15, 0.2) is 41.6 Å². The van der Waals surface area contributed by atoms with Gasteiger partial charge in [-0.3, -0.25) is 9.89 Å². The lowest BCUT2D eigenvalue weighted by atomic mass is 9.89. The van der Waals surface area contributed by atoms with Gasteiger partial charge >= 0.3 is 0 Å². The van der Waals surface area contributed by atoms with Crippen molar-refractivity contribution in [1.29, 1.82) is 5.26 Å². The minimum atomic E-state index is 0.0654. The lowest BCUT2D eigenvalue weighted by Crippen LogP contribution is -2.48. The second-order valence-corrected chi connectivity index (χ2v) is 9.11. The highest BCUT2D eigenvalue weighted by atomic mass is 32.2. The Kier molecular flexibility index (Phi) is 5.03. The van der Waals surface area contributed by atoms with E-state index in [1.165, 1.54) is 35.7 Å². The van der Waals surface area contributed by atoms with E-state index in [-0.39, 0.29) is 5.91 Å². The molecule has 31 heavy (non-hydrogen) atoms. The standard InChI is InChI=1S/C24H23N5OS/c1-14-9-20(17-7-8-17)21(22-26-24(31-2)28-27-22)10-19(14)23(30)29-12-18(13-29)16-5-3-15(11-25)4-6-16/h3-6,9-10,17-18H,7-8,12-13H2,1-2H3,(H,26,27,28). The first kappa shape index (κ1) is 19.8. The van der Waals surface area contributed by atoms with Crippen molar-refractivity contribution in [2.75, 3.05) is 19.3 Å². The van der Waals surface area contributed by atoms with Crippen LogP contribution in [0, 0.1) is 18.3 Å².